The molecule has 76 valence electrons. The third-order valence-electron chi connectivity index (χ3n) is 2.02. The standard InChI is InChI=1S/C9H12N2O3/c1-6-3-7(5-10)9(14-2)4-8(6)11(12)13/h3-4H,5,10H2,1-2H3. The molecule has 1 aromatic rings. The Hall–Kier alpha value is -1.62. The van der Waals surface area contributed by atoms with Gasteiger partial charge >= 0.3 is 0 Å². The molecule has 0 spiro atoms. The highest BCUT2D eigenvalue weighted by Gasteiger charge is 2.14. The summed E-state index contributed by atoms with van der Waals surface area (Å²) in [5.41, 5.74) is 6.89. The second-order valence-electron chi connectivity index (χ2n) is 2.91. The van der Waals surface area contributed by atoms with E-state index in [9.17, 15) is 10.1 Å². The summed E-state index contributed by atoms with van der Waals surface area (Å²) in [5, 5.41) is 10.6. The SMILES string of the molecule is COc1cc([N+](=O)[O-])c(C)cc1CN. The molecule has 0 saturated carbocycles. The van der Waals surface area contributed by atoms with Gasteiger partial charge in [-0.25, -0.2) is 0 Å². The zero-order valence-corrected chi connectivity index (χ0v) is 8.11. The number of rotatable bonds is 3. The van der Waals surface area contributed by atoms with Crippen molar-refractivity contribution >= 4 is 5.69 Å². The molecule has 0 unspecified atom stereocenters. The lowest BCUT2D eigenvalue weighted by Gasteiger charge is -2.07. The average Bonchev–Trinajstić information content (AvgIpc) is 2.16. The number of nitro groups is 1. The number of nitrogens with zero attached hydrogens (tertiary/aromatic N) is 1. The number of nitro benzene ring substituents is 1. The highest BCUT2D eigenvalue weighted by Crippen LogP contribution is 2.27. The van der Waals surface area contributed by atoms with Gasteiger partial charge < -0.3 is 10.5 Å². The van der Waals surface area contributed by atoms with Crippen LogP contribution < -0.4 is 10.5 Å². The molecule has 14 heavy (non-hydrogen) atoms. The summed E-state index contributed by atoms with van der Waals surface area (Å²) in [4.78, 5) is 10.2. The van der Waals surface area contributed by atoms with Gasteiger partial charge in [-0.1, -0.05) is 0 Å². The molecular weight excluding hydrogens is 184 g/mol. The Balaban J connectivity index is 3.30. The summed E-state index contributed by atoms with van der Waals surface area (Å²) in [7, 11) is 1.47. The minimum Gasteiger partial charge on any atom is -0.496 e. The van der Waals surface area contributed by atoms with Gasteiger partial charge in [-0.05, 0) is 13.0 Å². The Morgan fingerprint density at radius 3 is 2.64 bits per heavy atom. The van der Waals surface area contributed by atoms with Crippen LogP contribution in [0.5, 0.6) is 5.75 Å². The second-order valence-corrected chi connectivity index (χ2v) is 2.91. The summed E-state index contributed by atoms with van der Waals surface area (Å²) >= 11 is 0. The molecule has 0 aromatic heterocycles. The maximum atomic E-state index is 10.6. The van der Waals surface area contributed by atoms with Gasteiger partial charge in [0, 0.05) is 17.7 Å². The Labute approximate surface area is 81.6 Å². The number of hydrogen-bond acceptors (Lipinski definition) is 4. The lowest BCUT2D eigenvalue weighted by atomic mass is 10.1. The van der Waals surface area contributed by atoms with Crippen LogP contribution in [0.3, 0.4) is 0 Å². The Morgan fingerprint density at radius 2 is 2.21 bits per heavy atom. The number of hydrogen-bond donors (Lipinski definition) is 1. The van der Waals surface area contributed by atoms with Crippen molar-refractivity contribution in [1.29, 1.82) is 0 Å². The van der Waals surface area contributed by atoms with Gasteiger partial charge in [-0.2, -0.15) is 0 Å². The zero-order chi connectivity index (χ0) is 10.7. The van der Waals surface area contributed by atoms with Crippen molar-refractivity contribution in [2.45, 2.75) is 13.5 Å². The first-order valence-electron chi connectivity index (χ1n) is 4.12. The number of benzene rings is 1. The molecule has 1 rings (SSSR count). The summed E-state index contributed by atoms with van der Waals surface area (Å²) in [6.45, 7) is 1.98. The number of methoxy groups -OCH3 is 1. The molecule has 0 heterocycles. The Morgan fingerprint density at radius 1 is 1.57 bits per heavy atom. The van der Waals surface area contributed by atoms with Crippen LogP contribution in [-0.2, 0) is 6.54 Å². The molecule has 1 aromatic carbocycles. The van der Waals surface area contributed by atoms with Crippen molar-refractivity contribution in [3.05, 3.63) is 33.4 Å². The lowest BCUT2D eigenvalue weighted by Crippen LogP contribution is -2.02. The van der Waals surface area contributed by atoms with E-state index in [1.165, 1.54) is 13.2 Å². The fourth-order valence-electron chi connectivity index (χ4n) is 1.28. The first-order chi connectivity index (χ1) is 6.60. The molecule has 0 atom stereocenters. The van der Waals surface area contributed by atoms with Crippen molar-refractivity contribution in [1.82, 2.24) is 0 Å². The predicted octanol–water partition coefficient (Wildman–Crippen LogP) is 1.37. The lowest BCUT2D eigenvalue weighted by molar-refractivity contribution is -0.385. The monoisotopic (exact) mass is 196 g/mol. The molecule has 0 aliphatic carbocycles. The normalized spacial score (nSPS) is 9.93. The summed E-state index contributed by atoms with van der Waals surface area (Å²) in [6, 6.07) is 3.08. The second kappa shape index (κ2) is 4.06. The van der Waals surface area contributed by atoms with E-state index >= 15 is 0 Å². The van der Waals surface area contributed by atoms with Crippen molar-refractivity contribution in [2.24, 2.45) is 5.73 Å². The van der Waals surface area contributed by atoms with Crippen LogP contribution in [0.4, 0.5) is 5.69 Å². The maximum absolute atomic E-state index is 10.6. The van der Waals surface area contributed by atoms with Crippen LogP contribution in [-0.4, -0.2) is 12.0 Å². The first-order valence-corrected chi connectivity index (χ1v) is 4.12. The minimum absolute atomic E-state index is 0.0547. The van der Waals surface area contributed by atoms with E-state index in [0.29, 0.717) is 17.9 Å². The Kier molecular flexibility index (Phi) is 3.03. The fourth-order valence-corrected chi connectivity index (χ4v) is 1.28. The van der Waals surface area contributed by atoms with Crippen LogP contribution in [0.2, 0.25) is 0 Å². The fraction of sp³-hybridized carbons (Fsp3) is 0.333. The van der Waals surface area contributed by atoms with Gasteiger partial charge in [-0.15, -0.1) is 0 Å². The van der Waals surface area contributed by atoms with Crippen molar-refractivity contribution < 1.29 is 9.66 Å². The van der Waals surface area contributed by atoms with E-state index in [4.69, 9.17) is 10.5 Å². The van der Waals surface area contributed by atoms with Gasteiger partial charge in [0.05, 0.1) is 18.1 Å². The quantitative estimate of drug-likeness (QED) is 0.585. The van der Waals surface area contributed by atoms with E-state index in [-0.39, 0.29) is 5.69 Å². The average molecular weight is 196 g/mol. The third-order valence-corrected chi connectivity index (χ3v) is 2.02. The van der Waals surface area contributed by atoms with E-state index in [0.717, 1.165) is 5.56 Å². The van der Waals surface area contributed by atoms with Crippen LogP contribution in [0, 0.1) is 17.0 Å². The molecule has 0 aliphatic heterocycles. The van der Waals surface area contributed by atoms with Gasteiger partial charge in [-0.3, -0.25) is 10.1 Å². The number of nitrogens with two attached hydrogens (primary N) is 1. The van der Waals surface area contributed by atoms with Gasteiger partial charge in [0.25, 0.3) is 5.69 Å². The van der Waals surface area contributed by atoms with Crippen LogP contribution >= 0.6 is 0 Å². The zero-order valence-electron chi connectivity index (χ0n) is 8.11. The molecular formula is C9H12N2O3. The van der Waals surface area contributed by atoms with E-state index in [2.05, 4.69) is 0 Å². The molecule has 0 radical (unpaired) electrons. The predicted molar refractivity (Wildman–Crippen MR) is 52.3 cm³/mol. The smallest absolute Gasteiger partial charge is 0.276 e. The molecule has 5 heteroatoms. The number of aryl methyl sites for hydroxylation is 1. The summed E-state index contributed by atoms with van der Waals surface area (Å²) < 4.78 is 5.00. The summed E-state index contributed by atoms with van der Waals surface area (Å²) in [5.74, 6) is 0.463. The minimum atomic E-state index is -0.432. The van der Waals surface area contributed by atoms with E-state index < -0.39 is 4.92 Å². The van der Waals surface area contributed by atoms with Crippen molar-refractivity contribution in [3.63, 3.8) is 0 Å². The molecule has 0 fully saturated rings. The molecule has 0 bridgehead atoms. The van der Waals surface area contributed by atoms with Crippen molar-refractivity contribution in [3.8, 4) is 5.75 Å². The van der Waals surface area contributed by atoms with Crippen LogP contribution in [0.25, 0.3) is 0 Å². The topological polar surface area (TPSA) is 78.4 Å². The van der Waals surface area contributed by atoms with Gasteiger partial charge in [0.15, 0.2) is 0 Å². The van der Waals surface area contributed by atoms with E-state index in [1.54, 1.807) is 13.0 Å². The van der Waals surface area contributed by atoms with Crippen molar-refractivity contribution in [2.75, 3.05) is 7.11 Å². The van der Waals surface area contributed by atoms with Crippen LogP contribution in [0.1, 0.15) is 11.1 Å². The van der Waals surface area contributed by atoms with E-state index in [1.807, 2.05) is 0 Å². The third kappa shape index (κ3) is 1.82. The molecule has 0 aliphatic rings. The molecule has 2 N–H and O–H groups in total. The Bertz CT molecular complexity index is 363. The van der Waals surface area contributed by atoms with Gasteiger partial charge in [0.1, 0.15) is 5.75 Å². The first kappa shape index (κ1) is 10.5. The number of ether oxygens (including phenoxy) is 1. The summed E-state index contributed by atoms with van der Waals surface area (Å²) in [6.07, 6.45) is 0. The van der Waals surface area contributed by atoms with Crippen LogP contribution in [0.15, 0.2) is 12.1 Å². The largest absolute Gasteiger partial charge is 0.496 e. The maximum Gasteiger partial charge on any atom is 0.276 e. The molecule has 0 amide bonds. The van der Waals surface area contributed by atoms with Gasteiger partial charge in [0.2, 0.25) is 0 Å². The highest BCUT2D eigenvalue weighted by atomic mass is 16.6. The molecule has 5 nitrogen and oxygen atoms in total. The molecule has 0 saturated heterocycles. The highest BCUT2D eigenvalue weighted by molar-refractivity contribution is 5.50.